The molecule has 2 aliphatic carbocycles. The van der Waals surface area contributed by atoms with Crippen LogP contribution in [-0.2, 0) is 4.43 Å². The van der Waals surface area contributed by atoms with E-state index in [2.05, 4.69) is 32.1 Å². The quantitative estimate of drug-likeness (QED) is 0.509. The van der Waals surface area contributed by atoms with Crippen molar-refractivity contribution in [3.05, 3.63) is 23.4 Å². The van der Waals surface area contributed by atoms with Crippen LogP contribution in [0.25, 0.3) is 0 Å². The van der Waals surface area contributed by atoms with Crippen LogP contribution in [0.1, 0.15) is 33.1 Å². The lowest BCUT2D eigenvalue weighted by Crippen LogP contribution is -2.21. The fourth-order valence-electron chi connectivity index (χ4n) is 2.53. The van der Waals surface area contributed by atoms with Gasteiger partial charge in [-0.1, -0.05) is 23.4 Å². The topological polar surface area (TPSA) is 9.23 Å². The molecule has 0 aliphatic heterocycles. The summed E-state index contributed by atoms with van der Waals surface area (Å²) in [7, 11) is -0.399. The molecule has 1 nitrogen and oxygen atoms in total. The van der Waals surface area contributed by atoms with Gasteiger partial charge in [-0.25, -0.2) is 0 Å². The first-order valence-corrected chi connectivity index (χ1v) is 6.91. The molecular weight excluding hydrogens is 188 g/mol. The second-order valence-electron chi connectivity index (χ2n) is 4.85. The SMILES string of the molecule is C/C=C(\C)[SiH2]OCC12C=CC(CC1)C2. The van der Waals surface area contributed by atoms with Crippen LogP contribution in [0.3, 0.4) is 0 Å². The maximum absolute atomic E-state index is 5.91. The van der Waals surface area contributed by atoms with E-state index in [1.165, 1.54) is 24.5 Å². The highest BCUT2D eigenvalue weighted by molar-refractivity contribution is 6.37. The van der Waals surface area contributed by atoms with Gasteiger partial charge in [-0.05, 0) is 39.0 Å². The summed E-state index contributed by atoms with van der Waals surface area (Å²) in [6.45, 7) is 5.27. The van der Waals surface area contributed by atoms with E-state index in [1.54, 1.807) is 0 Å². The van der Waals surface area contributed by atoms with E-state index in [4.69, 9.17) is 4.43 Å². The van der Waals surface area contributed by atoms with E-state index in [0.717, 1.165) is 12.5 Å². The van der Waals surface area contributed by atoms with Gasteiger partial charge in [-0.15, -0.1) is 0 Å². The van der Waals surface area contributed by atoms with Gasteiger partial charge in [-0.3, -0.25) is 0 Å². The van der Waals surface area contributed by atoms with Gasteiger partial charge >= 0.3 is 0 Å². The Balaban J connectivity index is 1.78. The van der Waals surface area contributed by atoms with Crippen molar-refractivity contribution in [3.8, 4) is 0 Å². The van der Waals surface area contributed by atoms with Gasteiger partial charge < -0.3 is 4.43 Å². The summed E-state index contributed by atoms with van der Waals surface area (Å²) in [6, 6.07) is 0. The number of hydrogen-bond acceptors (Lipinski definition) is 1. The second kappa shape index (κ2) is 4.03. The minimum atomic E-state index is -0.399. The lowest BCUT2D eigenvalue weighted by atomic mass is 9.89. The summed E-state index contributed by atoms with van der Waals surface area (Å²) in [6.07, 6.45) is 11.1. The van der Waals surface area contributed by atoms with Crippen molar-refractivity contribution in [1.82, 2.24) is 0 Å². The van der Waals surface area contributed by atoms with E-state index in [0.29, 0.717) is 5.41 Å². The number of rotatable bonds is 4. The Morgan fingerprint density at radius 2 is 2.57 bits per heavy atom. The molecule has 2 rings (SSSR count). The van der Waals surface area contributed by atoms with Gasteiger partial charge in [0.15, 0.2) is 9.76 Å². The van der Waals surface area contributed by atoms with Crippen LogP contribution in [0.15, 0.2) is 23.4 Å². The summed E-state index contributed by atoms with van der Waals surface area (Å²) in [5, 5.41) is 1.47. The van der Waals surface area contributed by atoms with E-state index in [1.807, 2.05) is 0 Å². The van der Waals surface area contributed by atoms with Gasteiger partial charge in [0.1, 0.15) is 0 Å². The monoisotopic (exact) mass is 208 g/mol. The summed E-state index contributed by atoms with van der Waals surface area (Å²) >= 11 is 0. The smallest absolute Gasteiger partial charge is 0.187 e. The molecule has 2 bridgehead atoms. The van der Waals surface area contributed by atoms with E-state index in [-0.39, 0.29) is 0 Å². The zero-order valence-electron chi connectivity index (χ0n) is 9.25. The summed E-state index contributed by atoms with van der Waals surface area (Å²) in [4.78, 5) is 0. The van der Waals surface area contributed by atoms with Crippen molar-refractivity contribution < 1.29 is 4.43 Å². The Hall–Kier alpha value is -0.343. The van der Waals surface area contributed by atoms with Crippen LogP contribution >= 0.6 is 0 Å². The molecule has 0 N–H and O–H groups in total. The normalized spacial score (nSPS) is 36.4. The van der Waals surface area contributed by atoms with Gasteiger partial charge in [-0.2, -0.15) is 0 Å². The highest BCUT2D eigenvalue weighted by atomic mass is 28.2. The number of hydrogen-bond donors (Lipinski definition) is 0. The molecule has 0 spiro atoms. The first-order chi connectivity index (χ1) is 6.74. The average molecular weight is 208 g/mol. The molecule has 14 heavy (non-hydrogen) atoms. The van der Waals surface area contributed by atoms with Crippen LogP contribution in [-0.4, -0.2) is 16.4 Å². The second-order valence-corrected chi connectivity index (χ2v) is 6.66. The largest absolute Gasteiger partial charge is 0.418 e. The van der Waals surface area contributed by atoms with Crippen molar-refractivity contribution in [2.24, 2.45) is 11.3 Å². The third-order valence-corrected chi connectivity index (χ3v) is 4.89. The lowest BCUT2D eigenvalue weighted by molar-refractivity contribution is 0.207. The minimum absolute atomic E-state index is 0.399. The Morgan fingerprint density at radius 1 is 1.71 bits per heavy atom. The summed E-state index contributed by atoms with van der Waals surface area (Å²) in [5.74, 6) is 0.878. The molecule has 0 amide bonds. The highest BCUT2D eigenvalue weighted by Gasteiger charge is 2.40. The van der Waals surface area contributed by atoms with Gasteiger partial charge in [0.25, 0.3) is 0 Å². The van der Waals surface area contributed by atoms with Gasteiger partial charge in [0, 0.05) is 12.0 Å². The van der Waals surface area contributed by atoms with Crippen molar-refractivity contribution in [1.29, 1.82) is 0 Å². The Bertz CT molecular complexity index is 269. The molecule has 0 aromatic heterocycles. The number of allylic oxidation sites excluding steroid dienone is 3. The van der Waals surface area contributed by atoms with Crippen LogP contribution < -0.4 is 0 Å². The maximum atomic E-state index is 5.91. The molecular formula is C12H20OSi. The van der Waals surface area contributed by atoms with Crippen LogP contribution in [0.4, 0.5) is 0 Å². The van der Waals surface area contributed by atoms with E-state index < -0.39 is 9.76 Å². The van der Waals surface area contributed by atoms with Crippen LogP contribution in [0.2, 0.25) is 0 Å². The molecule has 0 aromatic rings. The Labute approximate surface area is 89.2 Å². The van der Waals surface area contributed by atoms with Gasteiger partial charge in [0.05, 0.1) is 0 Å². The first kappa shape index (κ1) is 10.2. The van der Waals surface area contributed by atoms with Crippen molar-refractivity contribution in [2.45, 2.75) is 33.1 Å². The van der Waals surface area contributed by atoms with Crippen molar-refractivity contribution >= 4 is 9.76 Å². The zero-order valence-corrected chi connectivity index (χ0v) is 10.7. The molecule has 1 saturated carbocycles. The minimum Gasteiger partial charge on any atom is -0.418 e. The maximum Gasteiger partial charge on any atom is 0.187 e. The summed E-state index contributed by atoms with van der Waals surface area (Å²) < 4.78 is 5.91. The molecule has 2 aliphatic rings. The van der Waals surface area contributed by atoms with E-state index in [9.17, 15) is 0 Å². The molecule has 0 heterocycles. The standard InChI is InChI=1S/C12H20OSi/c1-3-10(2)14-13-9-12-6-4-11(8-12)5-7-12/h3-4,6,11H,5,7-9,14H2,1-2H3/b10-3+. The first-order valence-electron chi connectivity index (χ1n) is 5.63. The Kier molecular flexibility index (Phi) is 2.93. The fraction of sp³-hybridized carbons (Fsp3) is 0.667. The third kappa shape index (κ3) is 2.01. The average Bonchev–Trinajstić information content (AvgIpc) is 2.77. The molecule has 2 heteroatoms. The van der Waals surface area contributed by atoms with Crippen molar-refractivity contribution in [3.63, 3.8) is 0 Å². The Morgan fingerprint density at radius 3 is 3.07 bits per heavy atom. The fourth-order valence-corrected chi connectivity index (χ4v) is 3.53. The molecule has 0 radical (unpaired) electrons. The summed E-state index contributed by atoms with van der Waals surface area (Å²) in [5.41, 5.74) is 0.450. The van der Waals surface area contributed by atoms with E-state index >= 15 is 0 Å². The van der Waals surface area contributed by atoms with Gasteiger partial charge in [0.2, 0.25) is 0 Å². The molecule has 2 atom stereocenters. The van der Waals surface area contributed by atoms with Crippen LogP contribution in [0.5, 0.6) is 0 Å². The highest BCUT2D eigenvalue weighted by Crippen LogP contribution is 2.49. The molecule has 1 fully saturated rings. The molecule has 0 aromatic carbocycles. The molecule has 0 saturated heterocycles. The van der Waals surface area contributed by atoms with Crippen molar-refractivity contribution in [2.75, 3.05) is 6.61 Å². The molecule has 78 valence electrons. The zero-order chi connectivity index (χ0) is 10.0. The lowest BCUT2D eigenvalue weighted by Gasteiger charge is -2.23. The third-order valence-electron chi connectivity index (χ3n) is 3.62. The molecule has 2 unspecified atom stereocenters. The van der Waals surface area contributed by atoms with Crippen LogP contribution in [0, 0.1) is 11.3 Å². The predicted molar refractivity (Wildman–Crippen MR) is 62.8 cm³/mol. The number of fused-ring (bicyclic) bond motifs is 2. The predicted octanol–water partition coefficient (Wildman–Crippen LogP) is 2.37.